The first-order valence-corrected chi connectivity index (χ1v) is 6.20. The van der Waals surface area contributed by atoms with Gasteiger partial charge in [-0.05, 0) is 23.8 Å². The Kier molecular flexibility index (Phi) is 2.73. The Morgan fingerprint density at radius 1 is 0.941 bits per heavy atom. The molecule has 0 aromatic heterocycles. The maximum absolute atomic E-state index is 13.5. The molecule has 1 nitrogen and oxygen atoms in total. The largest absolute Gasteiger partial charge is 0.359 e. The zero-order valence-corrected chi connectivity index (χ0v) is 10.5. The predicted octanol–water partition coefficient (Wildman–Crippen LogP) is 4.40. The van der Waals surface area contributed by atoms with Crippen molar-refractivity contribution in [2.45, 2.75) is 12.2 Å². The van der Waals surface area contributed by atoms with E-state index in [0.717, 1.165) is 10.0 Å². The van der Waals surface area contributed by atoms with Crippen LogP contribution in [0.15, 0.2) is 53.0 Å². The molecule has 0 bridgehead atoms. The average Bonchev–Trinajstić information content (AvgIpc) is 3.11. The summed E-state index contributed by atoms with van der Waals surface area (Å²) in [6.07, 6.45) is -0.155. The van der Waals surface area contributed by atoms with Crippen LogP contribution in [0.3, 0.4) is 0 Å². The third kappa shape index (κ3) is 2.13. The van der Waals surface area contributed by atoms with E-state index < -0.39 is 0 Å². The lowest BCUT2D eigenvalue weighted by atomic mass is 10.0. The molecule has 1 saturated heterocycles. The van der Waals surface area contributed by atoms with Gasteiger partial charge in [-0.25, -0.2) is 4.39 Å². The summed E-state index contributed by atoms with van der Waals surface area (Å²) < 4.78 is 20.1. The van der Waals surface area contributed by atoms with Gasteiger partial charge in [0.15, 0.2) is 0 Å². The summed E-state index contributed by atoms with van der Waals surface area (Å²) in [4.78, 5) is 0. The van der Waals surface area contributed by atoms with Crippen LogP contribution in [0.25, 0.3) is 0 Å². The normalized spacial score (nSPS) is 22.5. The molecular weight excluding hydrogens is 283 g/mol. The molecule has 3 heteroatoms. The molecule has 0 amide bonds. The summed E-state index contributed by atoms with van der Waals surface area (Å²) >= 11 is 3.39. The summed E-state index contributed by atoms with van der Waals surface area (Å²) in [7, 11) is 0. The number of benzene rings is 2. The Hall–Kier alpha value is -1.19. The van der Waals surface area contributed by atoms with Gasteiger partial charge in [0.2, 0.25) is 0 Å². The van der Waals surface area contributed by atoms with Crippen LogP contribution in [0.2, 0.25) is 0 Å². The number of hydrogen-bond acceptors (Lipinski definition) is 1. The number of hydrogen-bond donors (Lipinski definition) is 0. The first-order valence-electron chi connectivity index (χ1n) is 5.41. The Bertz CT molecular complexity index is 538. The van der Waals surface area contributed by atoms with Crippen LogP contribution in [0, 0.1) is 5.82 Å². The second kappa shape index (κ2) is 4.24. The third-order valence-electron chi connectivity index (χ3n) is 2.90. The summed E-state index contributed by atoms with van der Waals surface area (Å²) in [6, 6.07) is 14.7. The highest BCUT2D eigenvalue weighted by atomic mass is 79.9. The Labute approximate surface area is 107 Å². The molecule has 86 valence electrons. The van der Waals surface area contributed by atoms with Gasteiger partial charge in [0.05, 0.1) is 0 Å². The molecule has 0 unspecified atom stereocenters. The van der Waals surface area contributed by atoms with E-state index in [1.54, 1.807) is 12.1 Å². The fraction of sp³-hybridized carbons (Fsp3) is 0.143. The Morgan fingerprint density at radius 3 is 2.35 bits per heavy atom. The molecule has 0 spiro atoms. The minimum absolute atomic E-state index is 0.0139. The van der Waals surface area contributed by atoms with Crippen molar-refractivity contribution in [3.8, 4) is 0 Å². The summed E-state index contributed by atoms with van der Waals surface area (Å²) in [6.45, 7) is 0. The molecule has 0 N–H and O–H groups in total. The van der Waals surface area contributed by atoms with Crippen LogP contribution < -0.4 is 0 Å². The van der Waals surface area contributed by atoms with Crippen LogP contribution in [0.1, 0.15) is 23.3 Å². The number of epoxide rings is 1. The number of halogens is 2. The molecule has 1 fully saturated rings. The predicted molar refractivity (Wildman–Crippen MR) is 67.1 cm³/mol. The average molecular weight is 293 g/mol. The van der Waals surface area contributed by atoms with E-state index in [2.05, 4.69) is 15.9 Å². The van der Waals surface area contributed by atoms with Gasteiger partial charge in [0.1, 0.15) is 18.0 Å². The fourth-order valence-electron chi connectivity index (χ4n) is 1.96. The van der Waals surface area contributed by atoms with Crippen molar-refractivity contribution in [2.75, 3.05) is 0 Å². The number of ether oxygens (including phenoxy) is 1. The van der Waals surface area contributed by atoms with Gasteiger partial charge in [0, 0.05) is 10.0 Å². The fourth-order valence-corrected chi connectivity index (χ4v) is 2.22. The molecule has 1 heterocycles. The van der Waals surface area contributed by atoms with Crippen molar-refractivity contribution in [3.05, 3.63) is 69.9 Å². The molecule has 0 aliphatic carbocycles. The minimum Gasteiger partial charge on any atom is -0.359 e. The lowest BCUT2D eigenvalue weighted by Gasteiger charge is -1.99. The van der Waals surface area contributed by atoms with Crippen molar-refractivity contribution in [1.82, 2.24) is 0 Å². The van der Waals surface area contributed by atoms with Crippen molar-refractivity contribution in [1.29, 1.82) is 0 Å². The van der Waals surface area contributed by atoms with E-state index in [0.29, 0.717) is 5.56 Å². The molecular formula is C14H10BrFO. The third-order valence-corrected chi connectivity index (χ3v) is 3.43. The van der Waals surface area contributed by atoms with E-state index in [1.165, 1.54) is 6.07 Å². The van der Waals surface area contributed by atoms with E-state index in [9.17, 15) is 4.39 Å². The summed E-state index contributed by atoms with van der Waals surface area (Å²) in [5, 5.41) is 0. The molecule has 2 aromatic carbocycles. The van der Waals surface area contributed by atoms with Gasteiger partial charge in [-0.2, -0.15) is 0 Å². The monoisotopic (exact) mass is 292 g/mol. The first kappa shape index (κ1) is 10.9. The van der Waals surface area contributed by atoms with Gasteiger partial charge >= 0.3 is 0 Å². The highest BCUT2D eigenvalue weighted by molar-refractivity contribution is 9.10. The van der Waals surface area contributed by atoms with Crippen LogP contribution in [-0.2, 0) is 4.74 Å². The second-order valence-corrected chi connectivity index (χ2v) is 4.97. The number of rotatable bonds is 2. The van der Waals surface area contributed by atoms with E-state index in [4.69, 9.17) is 4.74 Å². The van der Waals surface area contributed by atoms with Crippen LogP contribution in [0.5, 0.6) is 0 Å². The highest BCUT2D eigenvalue weighted by Crippen LogP contribution is 2.51. The van der Waals surface area contributed by atoms with Crippen LogP contribution >= 0.6 is 15.9 Å². The van der Waals surface area contributed by atoms with Gasteiger partial charge in [-0.15, -0.1) is 0 Å². The molecule has 0 radical (unpaired) electrons. The van der Waals surface area contributed by atoms with Crippen LogP contribution in [0.4, 0.5) is 4.39 Å². The van der Waals surface area contributed by atoms with Crippen molar-refractivity contribution < 1.29 is 9.13 Å². The zero-order chi connectivity index (χ0) is 11.8. The van der Waals surface area contributed by atoms with Crippen molar-refractivity contribution in [2.24, 2.45) is 0 Å². The van der Waals surface area contributed by atoms with Crippen LogP contribution in [-0.4, -0.2) is 0 Å². The van der Waals surface area contributed by atoms with Gasteiger partial charge < -0.3 is 4.74 Å². The zero-order valence-electron chi connectivity index (χ0n) is 8.94. The molecule has 3 rings (SSSR count). The lowest BCUT2D eigenvalue weighted by molar-refractivity contribution is 0.373. The Morgan fingerprint density at radius 2 is 1.65 bits per heavy atom. The molecule has 1 aliphatic heterocycles. The standard InChI is InChI=1S/C14H10BrFO/c15-10-7-5-9(6-8-10)13-14(17-13)11-3-1-2-4-12(11)16/h1-8,13-14H/t13-,14-/m0/s1. The minimum atomic E-state index is -0.197. The molecule has 1 aliphatic rings. The quantitative estimate of drug-likeness (QED) is 0.748. The van der Waals surface area contributed by atoms with Crippen molar-refractivity contribution >= 4 is 15.9 Å². The molecule has 2 aromatic rings. The van der Waals surface area contributed by atoms with E-state index >= 15 is 0 Å². The first-order chi connectivity index (χ1) is 8.25. The maximum atomic E-state index is 13.5. The van der Waals surface area contributed by atoms with E-state index in [-0.39, 0.29) is 18.0 Å². The topological polar surface area (TPSA) is 12.5 Å². The highest BCUT2D eigenvalue weighted by Gasteiger charge is 2.42. The smallest absolute Gasteiger partial charge is 0.129 e. The molecule has 2 atom stereocenters. The summed E-state index contributed by atoms with van der Waals surface area (Å²) in [5.74, 6) is -0.197. The maximum Gasteiger partial charge on any atom is 0.129 e. The molecule has 0 saturated carbocycles. The van der Waals surface area contributed by atoms with Crippen molar-refractivity contribution in [3.63, 3.8) is 0 Å². The Balaban J connectivity index is 1.83. The van der Waals surface area contributed by atoms with Gasteiger partial charge in [-0.3, -0.25) is 0 Å². The van der Waals surface area contributed by atoms with Gasteiger partial charge in [-0.1, -0.05) is 46.3 Å². The lowest BCUT2D eigenvalue weighted by Crippen LogP contribution is -1.88. The van der Waals surface area contributed by atoms with Gasteiger partial charge in [0.25, 0.3) is 0 Å². The summed E-state index contributed by atoms with van der Waals surface area (Å²) in [5.41, 5.74) is 1.72. The SMILES string of the molecule is Fc1ccccc1[C@@H]1O[C@H]1c1ccc(Br)cc1. The molecule has 17 heavy (non-hydrogen) atoms. The van der Waals surface area contributed by atoms with E-state index in [1.807, 2.05) is 30.3 Å². The second-order valence-electron chi connectivity index (χ2n) is 4.05.